The molecule has 0 radical (unpaired) electrons. The third-order valence-corrected chi connectivity index (χ3v) is 3.56. The Morgan fingerprint density at radius 2 is 2.00 bits per heavy atom. The molecule has 2 aromatic carbocycles. The van der Waals surface area contributed by atoms with Crippen molar-refractivity contribution in [2.24, 2.45) is 0 Å². The van der Waals surface area contributed by atoms with E-state index in [4.69, 9.17) is 20.3 Å². The molecule has 3 rings (SSSR count). The van der Waals surface area contributed by atoms with E-state index in [0.29, 0.717) is 40.0 Å². The molecule has 0 saturated heterocycles. The van der Waals surface area contributed by atoms with Crippen molar-refractivity contribution in [3.63, 3.8) is 0 Å². The van der Waals surface area contributed by atoms with Crippen LogP contribution in [-0.4, -0.2) is 20.8 Å². The Kier molecular flexibility index (Phi) is 3.82. The highest BCUT2D eigenvalue weighted by atomic mass is 16.5. The Morgan fingerprint density at radius 1 is 1.17 bits per heavy atom. The lowest BCUT2D eigenvalue weighted by Gasteiger charge is -2.09. The average molecular weight is 309 g/mol. The highest BCUT2D eigenvalue weighted by Gasteiger charge is 2.14. The van der Waals surface area contributed by atoms with Gasteiger partial charge in [-0.3, -0.25) is 4.79 Å². The Balaban J connectivity index is 2.32. The van der Waals surface area contributed by atoms with E-state index in [1.807, 2.05) is 6.07 Å². The van der Waals surface area contributed by atoms with Gasteiger partial charge in [0.15, 0.2) is 0 Å². The highest BCUT2D eigenvalue weighted by Crippen LogP contribution is 2.31. The van der Waals surface area contributed by atoms with Crippen LogP contribution >= 0.6 is 0 Å². The van der Waals surface area contributed by atoms with Crippen LogP contribution in [0.2, 0.25) is 0 Å². The molecule has 0 aliphatic rings. The van der Waals surface area contributed by atoms with Gasteiger partial charge in [0.1, 0.15) is 28.1 Å². The van der Waals surface area contributed by atoms with Gasteiger partial charge in [-0.15, -0.1) is 6.42 Å². The number of methoxy groups -OCH3 is 2. The molecule has 0 fully saturated rings. The molecule has 5 nitrogen and oxygen atoms in total. The van der Waals surface area contributed by atoms with Crippen LogP contribution in [0.1, 0.15) is 0 Å². The van der Waals surface area contributed by atoms with Gasteiger partial charge in [-0.2, -0.15) is 0 Å². The summed E-state index contributed by atoms with van der Waals surface area (Å²) >= 11 is 0. The number of fused-ring (bicyclic) bond motifs is 2. The molecular formula is C18H15NO4. The second-order valence-electron chi connectivity index (χ2n) is 4.90. The smallest absolute Gasteiger partial charge is 0.204 e. The van der Waals surface area contributed by atoms with Gasteiger partial charge in [-0.05, 0) is 18.2 Å². The van der Waals surface area contributed by atoms with Crippen molar-refractivity contribution in [3.8, 4) is 23.8 Å². The molecule has 0 amide bonds. The summed E-state index contributed by atoms with van der Waals surface area (Å²) in [5.41, 5.74) is 1.51. The molecular weight excluding hydrogens is 294 g/mol. The predicted octanol–water partition coefficient (Wildman–Crippen LogP) is 3.01. The molecule has 5 heteroatoms. The maximum absolute atomic E-state index is 12.8. The lowest BCUT2D eigenvalue weighted by molar-refractivity contribution is 0.396. The standard InChI is InChI=1S/C18H15NO4/c1-4-7-19-11-5-6-14-13(8-11)18(20)17-15(22-3)9-12(21-2)10-16(17)23-14/h1,5-6,8-10,19H,7H2,2-3H3. The number of benzene rings is 2. The maximum Gasteiger partial charge on any atom is 0.204 e. The van der Waals surface area contributed by atoms with Gasteiger partial charge in [0.2, 0.25) is 5.43 Å². The van der Waals surface area contributed by atoms with Crippen LogP contribution in [-0.2, 0) is 0 Å². The van der Waals surface area contributed by atoms with Gasteiger partial charge < -0.3 is 19.2 Å². The zero-order chi connectivity index (χ0) is 16.4. The van der Waals surface area contributed by atoms with Crippen molar-refractivity contribution in [2.45, 2.75) is 0 Å². The maximum atomic E-state index is 12.8. The summed E-state index contributed by atoms with van der Waals surface area (Å²) in [7, 11) is 3.05. The minimum absolute atomic E-state index is 0.162. The van der Waals surface area contributed by atoms with Crippen LogP contribution in [0.5, 0.6) is 11.5 Å². The summed E-state index contributed by atoms with van der Waals surface area (Å²) in [6, 6.07) is 8.60. The number of nitrogens with one attached hydrogen (secondary N) is 1. The van der Waals surface area contributed by atoms with Crippen molar-refractivity contribution in [2.75, 3.05) is 26.1 Å². The van der Waals surface area contributed by atoms with E-state index in [1.54, 1.807) is 31.4 Å². The Bertz CT molecular complexity index is 982. The molecule has 3 aromatic rings. The van der Waals surface area contributed by atoms with Crippen LogP contribution in [0.4, 0.5) is 5.69 Å². The fourth-order valence-electron chi connectivity index (χ4n) is 2.46. The normalized spacial score (nSPS) is 10.5. The van der Waals surface area contributed by atoms with Crippen LogP contribution in [0, 0.1) is 12.3 Å². The van der Waals surface area contributed by atoms with Gasteiger partial charge in [-0.1, -0.05) is 5.92 Å². The third kappa shape index (κ3) is 2.55. The number of hydrogen-bond donors (Lipinski definition) is 1. The van der Waals surface area contributed by atoms with E-state index >= 15 is 0 Å². The quantitative estimate of drug-likeness (QED) is 0.593. The SMILES string of the molecule is C#CCNc1ccc2oc3cc(OC)cc(OC)c3c(=O)c2c1. The summed E-state index contributed by atoms with van der Waals surface area (Å²) in [6.45, 7) is 0.380. The summed E-state index contributed by atoms with van der Waals surface area (Å²) in [5, 5.41) is 3.89. The summed E-state index contributed by atoms with van der Waals surface area (Å²) in [4.78, 5) is 12.8. The van der Waals surface area contributed by atoms with Crippen LogP contribution in [0.25, 0.3) is 21.9 Å². The van der Waals surface area contributed by atoms with Gasteiger partial charge in [-0.25, -0.2) is 0 Å². The molecule has 0 spiro atoms. The monoisotopic (exact) mass is 309 g/mol. The number of hydrogen-bond acceptors (Lipinski definition) is 5. The van der Waals surface area contributed by atoms with E-state index in [0.717, 1.165) is 5.69 Å². The lowest BCUT2D eigenvalue weighted by atomic mass is 10.1. The number of ether oxygens (including phenoxy) is 2. The van der Waals surface area contributed by atoms with Gasteiger partial charge in [0.25, 0.3) is 0 Å². The summed E-state index contributed by atoms with van der Waals surface area (Å²) in [6.07, 6.45) is 5.24. The molecule has 116 valence electrons. The van der Waals surface area contributed by atoms with Crippen molar-refractivity contribution < 1.29 is 13.9 Å². The second kappa shape index (κ2) is 5.93. The van der Waals surface area contributed by atoms with E-state index in [2.05, 4.69) is 11.2 Å². The van der Waals surface area contributed by atoms with Crippen molar-refractivity contribution in [1.82, 2.24) is 0 Å². The predicted molar refractivity (Wildman–Crippen MR) is 90.4 cm³/mol. The molecule has 0 bridgehead atoms. The van der Waals surface area contributed by atoms with Crippen LogP contribution in [0.3, 0.4) is 0 Å². The van der Waals surface area contributed by atoms with Gasteiger partial charge in [0.05, 0.1) is 26.2 Å². The fraction of sp³-hybridized carbons (Fsp3) is 0.167. The number of terminal acetylenes is 1. The fourth-order valence-corrected chi connectivity index (χ4v) is 2.46. The van der Waals surface area contributed by atoms with E-state index in [-0.39, 0.29) is 5.43 Å². The average Bonchev–Trinajstić information content (AvgIpc) is 2.59. The number of rotatable bonds is 4. The lowest BCUT2D eigenvalue weighted by Crippen LogP contribution is -2.06. The molecule has 0 saturated carbocycles. The van der Waals surface area contributed by atoms with Crippen LogP contribution in [0.15, 0.2) is 39.5 Å². The molecule has 0 aliphatic carbocycles. The first-order valence-corrected chi connectivity index (χ1v) is 6.98. The first kappa shape index (κ1) is 14.8. The topological polar surface area (TPSA) is 60.7 Å². The minimum Gasteiger partial charge on any atom is -0.496 e. The minimum atomic E-state index is -0.162. The zero-order valence-electron chi connectivity index (χ0n) is 12.8. The van der Waals surface area contributed by atoms with Gasteiger partial charge in [0, 0.05) is 17.8 Å². The highest BCUT2D eigenvalue weighted by molar-refractivity contribution is 5.95. The molecule has 1 heterocycles. The first-order chi connectivity index (χ1) is 11.2. The molecule has 0 atom stereocenters. The Hall–Kier alpha value is -3.13. The molecule has 0 unspecified atom stereocenters. The van der Waals surface area contributed by atoms with Gasteiger partial charge >= 0.3 is 0 Å². The van der Waals surface area contributed by atoms with E-state index in [1.165, 1.54) is 7.11 Å². The molecule has 23 heavy (non-hydrogen) atoms. The van der Waals surface area contributed by atoms with Crippen LogP contribution < -0.4 is 20.2 Å². The number of anilines is 1. The molecule has 1 N–H and O–H groups in total. The van der Waals surface area contributed by atoms with Crippen molar-refractivity contribution in [1.29, 1.82) is 0 Å². The summed E-state index contributed by atoms with van der Waals surface area (Å²) in [5.74, 6) is 3.47. The second-order valence-corrected chi connectivity index (χ2v) is 4.90. The first-order valence-electron chi connectivity index (χ1n) is 6.98. The third-order valence-electron chi connectivity index (χ3n) is 3.56. The largest absolute Gasteiger partial charge is 0.496 e. The van der Waals surface area contributed by atoms with E-state index < -0.39 is 0 Å². The molecule has 0 aliphatic heterocycles. The Morgan fingerprint density at radius 3 is 2.70 bits per heavy atom. The summed E-state index contributed by atoms with van der Waals surface area (Å²) < 4.78 is 16.4. The molecule has 1 aromatic heterocycles. The van der Waals surface area contributed by atoms with Crippen molar-refractivity contribution >= 4 is 27.6 Å². The van der Waals surface area contributed by atoms with Crippen molar-refractivity contribution in [3.05, 3.63) is 40.6 Å². The van der Waals surface area contributed by atoms with E-state index in [9.17, 15) is 4.79 Å². The Labute approximate surface area is 132 Å². The zero-order valence-corrected chi connectivity index (χ0v) is 12.8.